The van der Waals surface area contributed by atoms with Gasteiger partial charge in [-0.3, -0.25) is 0 Å². The normalized spacial score (nSPS) is 10.7. The van der Waals surface area contributed by atoms with Crippen molar-refractivity contribution in [2.45, 2.75) is 0 Å². The van der Waals surface area contributed by atoms with E-state index in [0.29, 0.717) is 0 Å². The number of hydrogen-bond donors (Lipinski definition) is 1. The predicted octanol–water partition coefficient (Wildman–Crippen LogP) is 4.01. The zero-order valence-electron chi connectivity index (χ0n) is 15.0. The molecule has 0 spiro atoms. The molecule has 0 saturated heterocycles. The van der Waals surface area contributed by atoms with Crippen LogP contribution in [0.15, 0.2) is 103 Å². The van der Waals surface area contributed by atoms with Crippen LogP contribution >= 0.6 is 0 Å². The van der Waals surface area contributed by atoms with Crippen molar-refractivity contribution < 1.29 is 4.80 Å². The fourth-order valence-electron chi connectivity index (χ4n) is 3.48. The first-order valence-electron chi connectivity index (χ1n) is 8.81. The maximum Gasteiger partial charge on any atom is 0.188 e. The summed E-state index contributed by atoms with van der Waals surface area (Å²) in [4.78, 5) is 10.2. The van der Waals surface area contributed by atoms with Crippen molar-refractivity contribution in [3.8, 4) is 33.4 Å². The van der Waals surface area contributed by atoms with Gasteiger partial charge in [0.1, 0.15) is 0 Å². The van der Waals surface area contributed by atoms with E-state index >= 15 is 0 Å². The van der Waals surface area contributed by atoms with Gasteiger partial charge in [-0.25, -0.2) is 0 Å². The molecule has 0 aliphatic heterocycles. The minimum absolute atomic E-state index is 0. The van der Waals surface area contributed by atoms with Crippen molar-refractivity contribution in [3.05, 3.63) is 103 Å². The molecule has 3 radical (unpaired) electrons. The van der Waals surface area contributed by atoms with E-state index in [1.807, 2.05) is 18.2 Å². The molecular formula is C24H20AlOSi. The molecule has 129 valence electrons. The largest absolute Gasteiger partial charge is 0.433 e. The van der Waals surface area contributed by atoms with Gasteiger partial charge < -0.3 is 4.80 Å². The van der Waals surface area contributed by atoms with Gasteiger partial charge in [-0.15, -0.1) is 0 Å². The Morgan fingerprint density at radius 3 is 1.41 bits per heavy atom. The molecule has 0 bridgehead atoms. The van der Waals surface area contributed by atoms with Crippen molar-refractivity contribution in [1.29, 1.82) is 0 Å². The Morgan fingerprint density at radius 1 is 0.481 bits per heavy atom. The lowest BCUT2D eigenvalue weighted by Gasteiger charge is -2.19. The molecule has 0 amide bonds. The minimum atomic E-state index is -1.30. The van der Waals surface area contributed by atoms with E-state index in [2.05, 4.69) is 84.9 Å². The molecule has 0 aromatic heterocycles. The van der Waals surface area contributed by atoms with Gasteiger partial charge in [0, 0.05) is 17.4 Å². The van der Waals surface area contributed by atoms with Crippen LogP contribution in [0.3, 0.4) is 0 Å². The lowest BCUT2D eigenvalue weighted by molar-refractivity contribution is 0.615. The highest BCUT2D eigenvalue weighted by Crippen LogP contribution is 2.38. The van der Waals surface area contributed by atoms with E-state index in [4.69, 9.17) is 0 Å². The molecule has 3 heteroatoms. The van der Waals surface area contributed by atoms with Crippen molar-refractivity contribution in [2.75, 3.05) is 0 Å². The van der Waals surface area contributed by atoms with Crippen molar-refractivity contribution >= 4 is 32.3 Å². The lowest BCUT2D eigenvalue weighted by Crippen LogP contribution is -2.18. The highest BCUT2D eigenvalue weighted by atomic mass is 28.2. The van der Waals surface area contributed by atoms with E-state index in [9.17, 15) is 4.80 Å². The molecular weight excluding hydrogens is 359 g/mol. The third kappa shape index (κ3) is 3.98. The molecule has 27 heavy (non-hydrogen) atoms. The van der Waals surface area contributed by atoms with E-state index in [1.54, 1.807) is 0 Å². The third-order valence-corrected chi connectivity index (χ3v) is 5.60. The summed E-state index contributed by atoms with van der Waals surface area (Å²) in [5.74, 6) is 0. The molecule has 4 aromatic rings. The average molecular weight is 379 g/mol. The molecule has 0 saturated carbocycles. The summed E-state index contributed by atoms with van der Waals surface area (Å²) in [6.45, 7) is 0. The van der Waals surface area contributed by atoms with Crippen LogP contribution in [0.5, 0.6) is 0 Å². The van der Waals surface area contributed by atoms with Gasteiger partial charge in [0.2, 0.25) is 0 Å². The van der Waals surface area contributed by atoms with Gasteiger partial charge in [0.25, 0.3) is 0 Å². The zero-order chi connectivity index (χ0) is 17.8. The molecule has 0 heterocycles. The maximum atomic E-state index is 10.2. The Morgan fingerprint density at radius 2 is 0.926 bits per heavy atom. The highest BCUT2D eigenvalue weighted by Gasteiger charge is 2.17. The van der Waals surface area contributed by atoms with E-state index < -0.39 is 9.76 Å². The highest BCUT2D eigenvalue weighted by molar-refractivity contribution is 6.49. The summed E-state index contributed by atoms with van der Waals surface area (Å²) in [7, 11) is -1.30. The predicted molar refractivity (Wildman–Crippen MR) is 119 cm³/mol. The molecule has 1 N–H and O–H groups in total. The molecule has 4 rings (SSSR count). The smallest absolute Gasteiger partial charge is 0.188 e. The van der Waals surface area contributed by atoms with Crippen LogP contribution in [-0.2, 0) is 0 Å². The van der Waals surface area contributed by atoms with Crippen LogP contribution in [0, 0.1) is 0 Å². The molecule has 0 atom stereocenters. The van der Waals surface area contributed by atoms with Crippen molar-refractivity contribution in [1.82, 2.24) is 0 Å². The summed E-state index contributed by atoms with van der Waals surface area (Å²) in [6, 6.07) is 35.6. The lowest BCUT2D eigenvalue weighted by atomic mass is 9.87. The maximum absolute atomic E-state index is 10.2. The Hall–Kier alpha value is -2.41. The molecule has 0 aliphatic rings. The second-order valence-electron chi connectivity index (χ2n) is 6.28. The molecule has 0 fully saturated rings. The SMILES string of the molecule is O[SiH2]c1ccc(-c2ccccc2)c(-c2ccccc2)c1-c1ccccc1.[Al]. The van der Waals surface area contributed by atoms with Gasteiger partial charge in [0.05, 0.1) is 0 Å². The fraction of sp³-hybridized carbons (Fsp3) is 0. The first-order valence-corrected chi connectivity index (χ1v) is 10.2. The number of benzene rings is 4. The summed E-state index contributed by atoms with van der Waals surface area (Å²) in [5, 5.41) is 1.08. The van der Waals surface area contributed by atoms with Crippen LogP contribution in [-0.4, -0.2) is 31.9 Å². The van der Waals surface area contributed by atoms with Crippen LogP contribution < -0.4 is 5.19 Å². The van der Waals surface area contributed by atoms with Crippen LogP contribution in [0.25, 0.3) is 33.4 Å². The van der Waals surface area contributed by atoms with E-state index in [0.717, 1.165) is 16.3 Å². The summed E-state index contributed by atoms with van der Waals surface area (Å²) < 4.78 is 0. The number of hydrogen-bond acceptors (Lipinski definition) is 1. The Kier molecular flexibility index (Phi) is 6.44. The van der Waals surface area contributed by atoms with Crippen molar-refractivity contribution in [2.24, 2.45) is 0 Å². The standard InChI is InChI=1S/C24H20OSi.Al/c25-26-22-17-16-21(18-10-4-1-5-11-18)23(19-12-6-2-7-13-19)24(22)20-14-8-3-9-15-20;/h1-17,25H,26H2;. The Bertz CT molecular complexity index is 1000. The zero-order valence-corrected chi connectivity index (χ0v) is 17.6. The minimum Gasteiger partial charge on any atom is -0.433 e. The summed E-state index contributed by atoms with van der Waals surface area (Å²) in [5.41, 5.74) is 7.07. The van der Waals surface area contributed by atoms with Gasteiger partial charge in [-0.2, -0.15) is 0 Å². The van der Waals surface area contributed by atoms with Crippen LogP contribution in [0.1, 0.15) is 0 Å². The average Bonchev–Trinajstić information content (AvgIpc) is 2.74. The summed E-state index contributed by atoms with van der Waals surface area (Å²) >= 11 is 0. The van der Waals surface area contributed by atoms with E-state index in [-0.39, 0.29) is 17.4 Å². The summed E-state index contributed by atoms with van der Waals surface area (Å²) in [6.07, 6.45) is 0. The second kappa shape index (κ2) is 8.99. The first kappa shape index (κ1) is 19.4. The third-order valence-electron chi connectivity index (χ3n) is 4.67. The van der Waals surface area contributed by atoms with Gasteiger partial charge in [0.15, 0.2) is 9.76 Å². The van der Waals surface area contributed by atoms with Crippen LogP contribution in [0.2, 0.25) is 0 Å². The van der Waals surface area contributed by atoms with E-state index in [1.165, 1.54) is 22.3 Å². The van der Waals surface area contributed by atoms with Gasteiger partial charge in [-0.05, 0) is 38.6 Å². The Balaban J connectivity index is 0.00000210. The molecule has 0 unspecified atom stereocenters. The monoisotopic (exact) mass is 379 g/mol. The van der Waals surface area contributed by atoms with Crippen molar-refractivity contribution in [3.63, 3.8) is 0 Å². The quantitative estimate of drug-likeness (QED) is 0.531. The van der Waals surface area contributed by atoms with Gasteiger partial charge in [-0.1, -0.05) is 103 Å². The first-order chi connectivity index (χ1) is 12.9. The van der Waals surface area contributed by atoms with Gasteiger partial charge >= 0.3 is 0 Å². The second-order valence-corrected chi connectivity index (χ2v) is 7.36. The fourth-order valence-corrected chi connectivity index (χ4v) is 4.24. The topological polar surface area (TPSA) is 20.2 Å². The number of rotatable bonds is 4. The van der Waals surface area contributed by atoms with Crippen LogP contribution in [0.4, 0.5) is 0 Å². The molecule has 1 nitrogen and oxygen atoms in total. The molecule has 4 aromatic carbocycles. The Labute approximate surface area is 173 Å². The molecule has 0 aliphatic carbocycles.